The number of rotatable bonds is 8. The van der Waals surface area contributed by atoms with Gasteiger partial charge in [0.15, 0.2) is 0 Å². The van der Waals surface area contributed by atoms with Crippen molar-refractivity contribution in [1.82, 2.24) is 9.97 Å². The predicted octanol–water partition coefficient (Wildman–Crippen LogP) is 5.18. The zero-order valence-electron chi connectivity index (χ0n) is 16.6. The molecule has 0 bridgehead atoms. The number of halogens is 2. The third-order valence-corrected chi connectivity index (χ3v) is 5.33. The van der Waals surface area contributed by atoms with E-state index < -0.39 is 0 Å². The maximum Gasteiger partial charge on any atom is 0.148 e. The van der Waals surface area contributed by atoms with Crippen molar-refractivity contribution in [2.24, 2.45) is 0 Å². The lowest BCUT2D eigenvalue weighted by molar-refractivity contribution is 0.0400. The van der Waals surface area contributed by atoms with Crippen LogP contribution in [-0.4, -0.2) is 41.9 Å². The Kier molecular flexibility index (Phi) is 7.52. The van der Waals surface area contributed by atoms with Crippen LogP contribution in [0.25, 0.3) is 11.3 Å². The van der Waals surface area contributed by atoms with Crippen molar-refractivity contribution in [1.29, 1.82) is 0 Å². The molecule has 0 radical (unpaired) electrons. The SMILES string of the molecule is CCCO[C@H]1COC[C@H]1Nc1nc(CC)c(-c2ccc(Cl)cc2Cl)nc1CC. The van der Waals surface area contributed by atoms with E-state index >= 15 is 0 Å². The van der Waals surface area contributed by atoms with Gasteiger partial charge in [0.05, 0.1) is 41.4 Å². The van der Waals surface area contributed by atoms with Crippen LogP contribution >= 0.6 is 23.2 Å². The third kappa shape index (κ3) is 4.77. The molecule has 0 aliphatic carbocycles. The van der Waals surface area contributed by atoms with Crippen molar-refractivity contribution in [2.75, 3.05) is 25.1 Å². The first kappa shape index (κ1) is 21.3. The van der Waals surface area contributed by atoms with E-state index in [1.807, 2.05) is 12.1 Å². The summed E-state index contributed by atoms with van der Waals surface area (Å²) in [5.41, 5.74) is 3.46. The van der Waals surface area contributed by atoms with Crippen LogP contribution in [0.15, 0.2) is 18.2 Å². The average Bonchev–Trinajstić information content (AvgIpc) is 3.13. The van der Waals surface area contributed by atoms with Gasteiger partial charge >= 0.3 is 0 Å². The molecule has 0 amide bonds. The molecule has 0 unspecified atom stereocenters. The fraction of sp³-hybridized carbons (Fsp3) is 0.524. The fourth-order valence-corrected chi connectivity index (χ4v) is 3.79. The molecule has 7 heteroatoms. The van der Waals surface area contributed by atoms with Gasteiger partial charge in [-0.15, -0.1) is 0 Å². The van der Waals surface area contributed by atoms with Gasteiger partial charge in [0.1, 0.15) is 11.9 Å². The molecule has 3 rings (SSSR count). The zero-order chi connectivity index (χ0) is 20.1. The molecule has 2 aromatic rings. The van der Waals surface area contributed by atoms with Crippen molar-refractivity contribution >= 4 is 29.0 Å². The molecule has 5 nitrogen and oxygen atoms in total. The molecule has 152 valence electrons. The van der Waals surface area contributed by atoms with E-state index in [0.717, 1.165) is 54.3 Å². The first-order valence-corrected chi connectivity index (χ1v) is 10.6. The highest BCUT2D eigenvalue weighted by atomic mass is 35.5. The Bertz CT molecular complexity index is 816. The van der Waals surface area contributed by atoms with Gasteiger partial charge in [-0.2, -0.15) is 0 Å². The van der Waals surface area contributed by atoms with E-state index in [2.05, 4.69) is 26.1 Å². The standard InChI is InChI=1S/C21H27Cl2N3O2/c1-4-9-28-19-12-27-11-18(19)26-21-17(6-3)24-20(16(5-2)25-21)14-8-7-13(22)10-15(14)23/h7-8,10,18-19H,4-6,9,11-12H2,1-3H3,(H,25,26)/t18-,19+/m1/s1. The molecular formula is C21H27Cl2N3O2. The average molecular weight is 424 g/mol. The summed E-state index contributed by atoms with van der Waals surface area (Å²) in [4.78, 5) is 9.82. The molecule has 1 aromatic carbocycles. The summed E-state index contributed by atoms with van der Waals surface area (Å²) in [6.45, 7) is 8.18. The minimum absolute atomic E-state index is 0.0296. The van der Waals surface area contributed by atoms with Crippen molar-refractivity contribution in [3.8, 4) is 11.3 Å². The Morgan fingerprint density at radius 2 is 1.89 bits per heavy atom. The van der Waals surface area contributed by atoms with Gasteiger partial charge in [0.25, 0.3) is 0 Å². The van der Waals surface area contributed by atoms with Gasteiger partial charge in [-0.05, 0) is 37.5 Å². The number of aromatic nitrogens is 2. The number of nitrogens with one attached hydrogen (secondary N) is 1. The second kappa shape index (κ2) is 9.88. The quantitative estimate of drug-likeness (QED) is 0.633. The molecule has 1 aromatic heterocycles. The van der Waals surface area contributed by atoms with E-state index in [1.165, 1.54) is 0 Å². The molecule has 0 spiro atoms. The first-order valence-electron chi connectivity index (χ1n) is 9.88. The van der Waals surface area contributed by atoms with E-state index in [-0.39, 0.29) is 12.1 Å². The predicted molar refractivity (Wildman–Crippen MR) is 115 cm³/mol. The molecule has 2 atom stereocenters. The second-order valence-electron chi connectivity index (χ2n) is 6.84. The van der Waals surface area contributed by atoms with Crippen LogP contribution in [0.5, 0.6) is 0 Å². The topological polar surface area (TPSA) is 56.3 Å². The summed E-state index contributed by atoms with van der Waals surface area (Å²) in [6.07, 6.45) is 2.52. The van der Waals surface area contributed by atoms with Crippen LogP contribution in [0, 0.1) is 0 Å². The normalized spacial score (nSPS) is 19.2. The number of nitrogens with zero attached hydrogens (tertiary/aromatic N) is 2. The monoisotopic (exact) mass is 423 g/mol. The zero-order valence-corrected chi connectivity index (χ0v) is 18.1. The van der Waals surface area contributed by atoms with Crippen LogP contribution in [0.2, 0.25) is 10.0 Å². The number of ether oxygens (including phenoxy) is 2. The number of hydrogen-bond acceptors (Lipinski definition) is 5. The minimum Gasteiger partial charge on any atom is -0.376 e. The fourth-order valence-electron chi connectivity index (χ4n) is 3.29. The lowest BCUT2D eigenvalue weighted by Crippen LogP contribution is -2.35. The van der Waals surface area contributed by atoms with Crippen molar-refractivity contribution in [3.05, 3.63) is 39.6 Å². The smallest absolute Gasteiger partial charge is 0.148 e. The number of benzene rings is 1. The van der Waals surface area contributed by atoms with E-state index in [4.69, 9.17) is 42.6 Å². The number of hydrogen-bond donors (Lipinski definition) is 1. The van der Waals surface area contributed by atoms with E-state index in [0.29, 0.717) is 23.3 Å². The van der Waals surface area contributed by atoms with Gasteiger partial charge in [-0.3, -0.25) is 0 Å². The van der Waals surface area contributed by atoms with Crippen molar-refractivity contribution in [2.45, 2.75) is 52.2 Å². The summed E-state index contributed by atoms with van der Waals surface area (Å²) in [5.74, 6) is 0.800. The molecule has 1 fully saturated rings. The molecule has 0 saturated carbocycles. The maximum absolute atomic E-state index is 6.43. The highest BCUT2D eigenvalue weighted by Crippen LogP contribution is 2.32. The largest absolute Gasteiger partial charge is 0.376 e. The minimum atomic E-state index is 0.0296. The molecule has 28 heavy (non-hydrogen) atoms. The van der Waals surface area contributed by atoms with Crippen LogP contribution in [0.1, 0.15) is 38.6 Å². The molecule has 1 saturated heterocycles. The summed E-state index contributed by atoms with van der Waals surface area (Å²) in [6, 6.07) is 5.54. The Morgan fingerprint density at radius 3 is 2.57 bits per heavy atom. The Hall–Kier alpha value is -1.40. The Morgan fingerprint density at radius 1 is 1.11 bits per heavy atom. The van der Waals surface area contributed by atoms with Crippen LogP contribution < -0.4 is 5.32 Å². The van der Waals surface area contributed by atoms with Gasteiger partial charge < -0.3 is 14.8 Å². The Labute approximate surface area is 176 Å². The highest BCUT2D eigenvalue weighted by Gasteiger charge is 2.30. The maximum atomic E-state index is 6.43. The van der Waals surface area contributed by atoms with Crippen LogP contribution in [-0.2, 0) is 22.3 Å². The van der Waals surface area contributed by atoms with Gasteiger partial charge in [-0.25, -0.2) is 9.97 Å². The van der Waals surface area contributed by atoms with Gasteiger partial charge in [-0.1, -0.05) is 44.0 Å². The number of aryl methyl sites for hydroxylation is 2. The molecule has 2 heterocycles. The van der Waals surface area contributed by atoms with Crippen molar-refractivity contribution < 1.29 is 9.47 Å². The molecule has 1 aliphatic heterocycles. The summed E-state index contributed by atoms with van der Waals surface area (Å²) in [5, 5.41) is 4.70. The summed E-state index contributed by atoms with van der Waals surface area (Å²) < 4.78 is 11.5. The van der Waals surface area contributed by atoms with E-state index in [1.54, 1.807) is 6.07 Å². The third-order valence-electron chi connectivity index (χ3n) is 4.78. The van der Waals surface area contributed by atoms with Crippen LogP contribution in [0.3, 0.4) is 0 Å². The lowest BCUT2D eigenvalue weighted by Gasteiger charge is -2.22. The Balaban J connectivity index is 1.93. The second-order valence-corrected chi connectivity index (χ2v) is 7.69. The first-order chi connectivity index (χ1) is 13.6. The van der Waals surface area contributed by atoms with E-state index in [9.17, 15) is 0 Å². The number of anilines is 1. The lowest BCUT2D eigenvalue weighted by atomic mass is 10.1. The molecular weight excluding hydrogens is 397 g/mol. The molecule has 1 N–H and O–H groups in total. The van der Waals surface area contributed by atoms with Crippen LogP contribution in [0.4, 0.5) is 5.82 Å². The summed E-state index contributed by atoms with van der Waals surface area (Å²) in [7, 11) is 0. The molecule has 1 aliphatic rings. The van der Waals surface area contributed by atoms with Gasteiger partial charge in [0, 0.05) is 17.2 Å². The highest BCUT2D eigenvalue weighted by molar-refractivity contribution is 6.36. The van der Waals surface area contributed by atoms with Crippen molar-refractivity contribution in [3.63, 3.8) is 0 Å². The van der Waals surface area contributed by atoms with Gasteiger partial charge in [0.2, 0.25) is 0 Å². The summed E-state index contributed by atoms with van der Waals surface area (Å²) >= 11 is 12.5.